The van der Waals surface area contributed by atoms with Crippen molar-refractivity contribution in [2.45, 2.75) is 0 Å². The van der Waals surface area contributed by atoms with E-state index in [0.29, 0.717) is 32.7 Å². The number of carbonyl (C=O) groups is 2. The van der Waals surface area contributed by atoms with E-state index in [1.54, 1.807) is 42.5 Å². The maximum absolute atomic E-state index is 13.6. The summed E-state index contributed by atoms with van der Waals surface area (Å²) in [7, 11) is 3.82. The van der Waals surface area contributed by atoms with Gasteiger partial charge in [-0.2, -0.15) is 5.10 Å². The van der Waals surface area contributed by atoms with Gasteiger partial charge in [-0.15, -0.1) is 0 Å². The van der Waals surface area contributed by atoms with Gasteiger partial charge in [-0.05, 0) is 72.3 Å². The Hall–Kier alpha value is -4.40. The zero-order valence-corrected chi connectivity index (χ0v) is 22.4. The van der Waals surface area contributed by atoms with Crippen LogP contribution in [0.25, 0.3) is 17.4 Å². The van der Waals surface area contributed by atoms with Crippen LogP contribution in [-0.2, 0) is 4.79 Å². The van der Waals surface area contributed by atoms with E-state index in [1.807, 2.05) is 31.1 Å². The molecule has 0 unspecified atom stereocenters. The Morgan fingerprint density at radius 2 is 1.74 bits per heavy atom. The van der Waals surface area contributed by atoms with Crippen LogP contribution < -0.4 is 15.6 Å². The van der Waals surface area contributed by atoms with Crippen molar-refractivity contribution < 1.29 is 18.4 Å². The van der Waals surface area contributed by atoms with E-state index in [0.717, 1.165) is 11.8 Å². The smallest absolute Gasteiger partial charge is 0.287 e. The lowest BCUT2D eigenvalue weighted by Crippen LogP contribution is -2.32. The van der Waals surface area contributed by atoms with Crippen molar-refractivity contribution in [1.82, 2.24) is 10.7 Å². The summed E-state index contributed by atoms with van der Waals surface area (Å²) in [6.45, 7) is 0. The molecule has 2 amide bonds. The van der Waals surface area contributed by atoms with Gasteiger partial charge in [0.15, 0.2) is 0 Å². The van der Waals surface area contributed by atoms with Gasteiger partial charge in [0.1, 0.15) is 23.0 Å². The molecule has 1 heterocycles. The van der Waals surface area contributed by atoms with Gasteiger partial charge in [0.2, 0.25) is 0 Å². The Bertz CT molecular complexity index is 1560. The van der Waals surface area contributed by atoms with E-state index < -0.39 is 17.6 Å². The summed E-state index contributed by atoms with van der Waals surface area (Å²) < 4.78 is 19.4. The molecule has 0 saturated carbocycles. The first-order chi connectivity index (χ1) is 18.7. The van der Waals surface area contributed by atoms with Gasteiger partial charge in [0.05, 0.1) is 11.2 Å². The molecule has 0 fully saturated rings. The van der Waals surface area contributed by atoms with Gasteiger partial charge in [-0.3, -0.25) is 9.59 Å². The lowest BCUT2D eigenvalue weighted by molar-refractivity contribution is -0.117. The van der Waals surface area contributed by atoms with Crippen LogP contribution >= 0.6 is 23.2 Å². The van der Waals surface area contributed by atoms with Gasteiger partial charge < -0.3 is 14.6 Å². The molecule has 4 rings (SSSR count). The normalized spacial score (nSPS) is 11.5. The molecule has 3 aromatic carbocycles. The van der Waals surface area contributed by atoms with Crippen molar-refractivity contribution in [2.24, 2.45) is 5.10 Å². The van der Waals surface area contributed by atoms with Gasteiger partial charge in [0.25, 0.3) is 11.8 Å². The quantitative estimate of drug-likeness (QED) is 0.148. The number of nitrogens with one attached hydrogen (secondary N) is 2. The molecule has 7 nitrogen and oxygen atoms in total. The number of nitrogens with zero attached hydrogens (tertiary/aromatic N) is 2. The minimum Gasteiger partial charge on any atom is -0.455 e. The number of hydrogen-bond donors (Lipinski definition) is 2. The molecular weight excluding hydrogens is 542 g/mol. The summed E-state index contributed by atoms with van der Waals surface area (Å²) in [6, 6.07) is 20.9. The topological polar surface area (TPSA) is 86.9 Å². The number of rotatable bonds is 8. The summed E-state index contributed by atoms with van der Waals surface area (Å²) in [5.41, 5.74) is 4.62. The van der Waals surface area contributed by atoms with Crippen molar-refractivity contribution in [1.29, 1.82) is 0 Å². The second kappa shape index (κ2) is 12.4. The summed E-state index contributed by atoms with van der Waals surface area (Å²) in [5.74, 6) is -1.07. The lowest BCUT2D eigenvalue weighted by atomic mass is 10.1. The van der Waals surface area contributed by atoms with Crippen molar-refractivity contribution in [3.05, 3.63) is 117 Å². The van der Waals surface area contributed by atoms with E-state index in [1.165, 1.54) is 30.5 Å². The fourth-order valence-electron chi connectivity index (χ4n) is 3.49. The summed E-state index contributed by atoms with van der Waals surface area (Å²) in [5, 5.41) is 7.42. The van der Waals surface area contributed by atoms with Crippen LogP contribution in [0.3, 0.4) is 0 Å². The zero-order chi connectivity index (χ0) is 27.9. The summed E-state index contributed by atoms with van der Waals surface area (Å²) in [6.07, 6.45) is 2.80. The third-order valence-electron chi connectivity index (χ3n) is 5.48. The fraction of sp³-hybridized carbons (Fsp3) is 0.0690. The first-order valence-corrected chi connectivity index (χ1v) is 12.4. The van der Waals surface area contributed by atoms with E-state index in [4.69, 9.17) is 27.6 Å². The maximum atomic E-state index is 13.6. The number of hydrogen-bond acceptors (Lipinski definition) is 5. The Morgan fingerprint density at radius 1 is 0.974 bits per heavy atom. The summed E-state index contributed by atoms with van der Waals surface area (Å²) in [4.78, 5) is 27.7. The average molecular weight is 565 g/mol. The minimum atomic E-state index is -0.694. The second-order valence-corrected chi connectivity index (χ2v) is 9.38. The lowest BCUT2D eigenvalue weighted by Gasteiger charge is -2.12. The van der Waals surface area contributed by atoms with Crippen LogP contribution in [0.5, 0.6) is 0 Å². The number of amides is 2. The molecule has 4 aromatic rings. The molecule has 1 aromatic heterocycles. The SMILES string of the molecule is CN(C)c1ccc(/C=C(\NC(=O)c2cccc(F)c2)C(=O)NN=Cc2ccc(-c3ccc(Cl)cc3Cl)o2)cc1. The summed E-state index contributed by atoms with van der Waals surface area (Å²) >= 11 is 12.2. The average Bonchev–Trinajstić information content (AvgIpc) is 3.37. The number of furan rings is 1. The Balaban J connectivity index is 1.52. The predicted octanol–water partition coefficient (Wildman–Crippen LogP) is 6.38. The molecule has 2 N–H and O–H groups in total. The standard InChI is InChI=1S/C29H23Cl2FN4O3/c1-36(2)22-9-6-18(7-10-22)14-26(34-28(37)19-4-3-5-21(32)15-19)29(38)35-33-17-23-11-13-27(39-23)24-12-8-20(30)16-25(24)31/h3-17H,1-2H3,(H,34,37)(H,35,38)/b26-14-,33-17?. The number of halogens is 3. The molecule has 0 aliphatic carbocycles. The third kappa shape index (κ3) is 7.34. The van der Waals surface area contributed by atoms with E-state index in [9.17, 15) is 14.0 Å². The molecular formula is C29H23Cl2FN4O3. The van der Waals surface area contributed by atoms with Crippen LogP contribution in [0.1, 0.15) is 21.7 Å². The van der Waals surface area contributed by atoms with Crippen LogP contribution in [-0.4, -0.2) is 32.1 Å². The van der Waals surface area contributed by atoms with Crippen LogP contribution in [0.4, 0.5) is 10.1 Å². The maximum Gasteiger partial charge on any atom is 0.287 e. The van der Waals surface area contributed by atoms with Crippen LogP contribution in [0, 0.1) is 5.82 Å². The van der Waals surface area contributed by atoms with Crippen molar-refractivity contribution >= 4 is 53.0 Å². The monoisotopic (exact) mass is 564 g/mol. The van der Waals surface area contributed by atoms with Gasteiger partial charge >= 0.3 is 0 Å². The highest BCUT2D eigenvalue weighted by Crippen LogP contribution is 2.31. The first-order valence-electron chi connectivity index (χ1n) is 11.6. The van der Waals surface area contributed by atoms with Crippen LogP contribution in [0.2, 0.25) is 10.0 Å². The van der Waals surface area contributed by atoms with E-state index >= 15 is 0 Å². The molecule has 0 spiro atoms. The molecule has 0 aliphatic rings. The van der Waals surface area contributed by atoms with E-state index in [2.05, 4.69) is 15.8 Å². The second-order valence-electron chi connectivity index (χ2n) is 8.53. The number of carbonyl (C=O) groups excluding carboxylic acids is 2. The first kappa shape index (κ1) is 27.6. The van der Waals surface area contributed by atoms with E-state index in [-0.39, 0.29) is 11.3 Å². The highest BCUT2D eigenvalue weighted by molar-refractivity contribution is 6.36. The highest BCUT2D eigenvalue weighted by Gasteiger charge is 2.15. The molecule has 0 aliphatic heterocycles. The molecule has 39 heavy (non-hydrogen) atoms. The molecule has 0 atom stereocenters. The van der Waals surface area contributed by atoms with Gasteiger partial charge in [-0.1, -0.05) is 41.4 Å². The Labute approximate surface area is 234 Å². The van der Waals surface area contributed by atoms with Crippen molar-refractivity contribution in [3.63, 3.8) is 0 Å². The van der Waals surface area contributed by atoms with Gasteiger partial charge in [-0.25, -0.2) is 9.82 Å². The number of benzene rings is 3. The molecule has 0 saturated heterocycles. The Kier molecular flexibility index (Phi) is 8.81. The van der Waals surface area contributed by atoms with Gasteiger partial charge in [0, 0.05) is 35.9 Å². The predicted molar refractivity (Wildman–Crippen MR) is 153 cm³/mol. The number of hydrazone groups is 1. The zero-order valence-electron chi connectivity index (χ0n) is 20.9. The largest absolute Gasteiger partial charge is 0.455 e. The third-order valence-corrected chi connectivity index (χ3v) is 6.03. The minimum absolute atomic E-state index is 0.0594. The van der Waals surface area contributed by atoms with Crippen LogP contribution in [0.15, 0.2) is 94.1 Å². The molecule has 10 heteroatoms. The van der Waals surface area contributed by atoms with Crippen molar-refractivity contribution in [2.75, 3.05) is 19.0 Å². The molecule has 0 bridgehead atoms. The van der Waals surface area contributed by atoms with Crippen molar-refractivity contribution in [3.8, 4) is 11.3 Å². The number of anilines is 1. The molecule has 0 radical (unpaired) electrons. The Morgan fingerprint density at radius 3 is 2.44 bits per heavy atom. The molecule has 198 valence electrons. The fourth-order valence-corrected chi connectivity index (χ4v) is 3.99. The highest BCUT2D eigenvalue weighted by atomic mass is 35.5.